The summed E-state index contributed by atoms with van der Waals surface area (Å²) in [6, 6.07) is 7.59. The van der Waals surface area contributed by atoms with E-state index < -0.39 is 11.9 Å². The molecule has 2 aromatic heterocycles. The van der Waals surface area contributed by atoms with Gasteiger partial charge in [-0.1, -0.05) is 6.92 Å². The van der Waals surface area contributed by atoms with Crippen LogP contribution in [-0.2, 0) is 12.6 Å². The number of likely N-dealkylation sites (tertiary alicyclic amines) is 1. The molecule has 3 aromatic rings. The lowest BCUT2D eigenvalue weighted by Crippen LogP contribution is -2.40. The van der Waals surface area contributed by atoms with Gasteiger partial charge in [0.2, 0.25) is 0 Å². The van der Waals surface area contributed by atoms with Crippen LogP contribution in [0.4, 0.5) is 13.2 Å². The third kappa shape index (κ3) is 3.96. The number of halogens is 3. The molecule has 1 amide bonds. The number of aryl methyl sites for hydroxylation is 1. The molecular formula is C21H22F3N5O. The van der Waals surface area contributed by atoms with Gasteiger partial charge < -0.3 is 9.47 Å². The van der Waals surface area contributed by atoms with Crippen LogP contribution in [0.5, 0.6) is 0 Å². The molecule has 0 saturated carbocycles. The predicted octanol–water partition coefficient (Wildman–Crippen LogP) is 4.13. The second-order valence-corrected chi connectivity index (χ2v) is 7.34. The van der Waals surface area contributed by atoms with Gasteiger partial charge >= 0.3 is 6.18 Å². The van der Waals surface area contributed by atoms with Crippen molar-refractivity contribution >= 4 is 5.91 Å². The highest BCUT2D eigenvalue weighted by Crippen LogP contribution is 2.28. The molecule has 1 fully saturated rings. The molecule has 1 saturated heterocycles. The van der Waals surface area contributed by atoms with Crippen LogP contribution in [0.3, 0.4) is 0 Å². The minimum atomic E-state index is -4.49. The van der Waals surface area contributed by atoms with E-state index in [0.29, 0.717) is 24.3 Å². The van der Waals surface area contributed by atoms with Crippen molar-refractivity contribution in [1.82, 2.24) is 24.2 Å². The standard InChI is InChI=1S/C21H22F3N5O/c1-2-19-25-10-13-28(19)17-4-3-11-27(14-17)20(30)15-5-7-16(8-6-15)29-12-9-18(26-29)21(22,23)24/h5-10,12-13,17H,2-4,11,14H2,1H3. The topological polar surface area (TPSA) is 56.0 Å². The molecule has 0 aliphatic carbocycles. The Morgan fingerprint density at radius 2 is 1.93 bits per heavy atom. The zero-order chi connectivity index (χ0) is 21.3. The molecule has 1 aromatic carbocycles. The van der Waals surface area contributed by atoms with E-state index >= 15 is 0 Å². The van der Waals surface area contributed by atoms with Crippen LogP contribution in [-0.4, -0.2) is 43.2 Å². The SMILES string of the molecule is CCc1nccn1C1CCCN(C(=O)c2ccc(-n3ccc(C(F)(F)F)n3)cc2)C1. The Balaban J connectivity index is 1.47. The maximum absolute atomic E-state index is 13.0. The second kappa shape index (κ2) is 7.97. The Morgan fingerprint density at radius 3 is 2.60 bits per heavy atom. The molecule has 1 atom stereocenters. The molecule has 158 valence electrons. The summed E-state index contributed by atoms with van der Waals surface area (Å²) in [5, 5.41) is 3.56. The number of aromatic nitrogens is 4. The largest absolute Gasteiger partial charge is 0.435 e. The van der Waals surface area contributed by atoms with Gasteiger partial charge in [0.05, 0.1) is 11.7 Å². The van der Waals surface area contributed by atoms with Crippen LogP contribution in [0.2, 0.25) is 0 Å². The third-order valence-corrected chi connectivity index (χ3v) is 5.40. The number of imidazole rings is 1. The van der Waals surface area contributed by atoms with E-state index in [4.69, 9.17) is 0 Å². The van der Waals surface area contributed by atoms with Gasteiger partial charge in [-0.05, 0) is 43.2 Å². The first kappa shape index (κ1) is 20.2. The molecule has 1 unspecified atom stereocenters. The number of nitrogens with zero attached hydrogens (tertiary/aromatic N) is 5. The maximum atomic E-state index is 13.0. The average molecular weight is 417 g/mol. The summed E-state index contributed by atoms with van der Waals surface area (Å²) in [7, 11) is 0. The Kier molecular flexibility index (Phi) is 5.36. The highest BCUT2D eigenvalue weighted by Gasteiger charge is 2.33. The van der Waals surface area contributed by atoms with E-state index in [1.54, 1.807) is 30.5 Å². The van der Waals surface area contributed by atoms with Crippen LogP contribution in [0.15, 0.2) is 48.9 Å². The van der Waals surface area contributed by atoms with E-state index in [1.807, 2.05) is 11.1 Å². The van der Waals surface area contributed by atoms with Crippen molar-refractivity contribution in [1.29, 1.82) is 0 Å². The molecule has 1 aliphatic heterocycles. The van der Waals surface area contributed by atoms with E-state index in [1.165, 1.54) is 6.20 Å². The lowest BCUT2D eigenvalue weighted by Gasteiger charge is -2.34. The number of amides is 1. The normalized spacial score (nSPS) is 17.3. The molecule has 4 rings (SSSR count). The molecule has 1 aliphatic rings. The van der Waals surface area contributed by atoms with Crippen molar-refractivity contribution in [3.8, 4) is 5.69 Å². The van der Waals surface area contributed by atoms with Gasteiger partial charge in [0.25, 0.3) is 5.91 Å². The van der Waals surface area contributed by atoms with Gasteiger partial charge in [0.1, 0.15) is 5.82 Å². The summed E-state index contributed by atoms with van der Waals surface area (Å²) >= 11 is 0. The minimum absolute atomic E-state index is 0.0825. The fourth-order valence-corrected chi connectivity index (χ4v) is 3.87. The van der Waals surface area contributed by atoms with E-state index in [9.17, 15) is 18.0 Å². The Bertz CT molecular complexity index is 1020. The lowest BCUT2D eigenvalue weighted by atomic mass is 10.0. The van der Waals surface area contributed by atoms with Crippen molar-refractivity contribution in [2.24, 2.45) is 0 Å². The number of benzene rings is 1. The molecule has 9 heteroatoms. The summed E-state index contributed by atoms with van der Waals surface area (Å²) in [5.74, 6) is 0.928. The van der Waals surface area contributed by atoms with Crippen molar-refractivity contribution < 1.29 is 18.0 Å². The number of carbonyl (C=O) groups is 1. The fraction of sp³-hybridized carbons (Fsp3) is 0.381. The minimum Gasteiger partial charge on any atom is -0.337 e. The number of hydrogen-bond acceptors (Lipinski definition) is 3. The summed E-state index contributed by atoms with van der Waals surface area (Å²) in [6.45, 7) is 3.35. The highest BCUT2D eigenvalue weighted by atomic mass is 19.4. The first-order chi connectivity index (χ1) is 14.4. The molecule has 30 heavy (non-hydrogen) atoms. The Morgan fingerprint density at radius 1 is 1.17 bits per heavy atom. The summed E-state index contributed by atoms with van der Waals surface area (Å²) in [4.78, 5) is 19.2. The van der Waals surface area contributed by atoms with Crippen LogP contribution < -0.4 is 0 Å². The maximum Gasteiger partial charge on any atom is 0.435 e. The van der Waals surface area contributed by atoms with Crippen LogP contribution in [0, 0.1) is 0 Å². The van der Waals surface area contributed by atoms with E-state index in [2.05, 4.69) is 21.6 Å². The average Bonchev–Trinajstić information content (AvgIpc) is 3.43. The predicted molar refractivity (Wildman–Crippen MR) is 104 cm³/mol. The molecule has 0 N–H and O–H groups in total. The molecule has 3 heterocycles. The second-order valence-electron chi connectivity index (χ2n) is 7.34. The van der Waals surface area contributed by atoms with Crippen LogP contribution in [0.25, 0.3) is 5.69 Å². The van der Waals surface area contributed by atoms with Crippen LogP contribution >= 0.6 is 0 Å². The highest BCUT2D eigenvalue weighted by molar-refractivity contribution is 5.94. The number of rotatable bonds is 4. The van der Waals surface area contributed by atoms with E-state index in [-0.39, 0.29) is 11.9 Å². The van der Waals surface area contributed by atoms with Gasteiger partial charge in [-0.15, -0.1) is 0 Å². The van der Waals surface area contributed by atoms with Crippen molar-refractivity contribution in [2.75, 3.05) is 13.1 Å². The quantitative estimate of drug-likeness (QED) is 0.642. The van der Waals surface area contributed by atoms with Crippen molar-refractivity contribution in [3.05, 3.63) is 66.0 Å². The first-order valence-corrected chi connectivity index (χ1v) is 9.91. The first-order valence-electron chi connectivity index (χ1n) is 9.91. The summed E-state index contributed by atoms with van der Waals surface area (Å²) in [6.07, 6.45) is 3.26. The van der Waals surface area contributed by atoms with Gasteiger partial charge in [-0.2, -0.15) is 18.3 Å². The smallest absolute Gasteiger partial charge is 0.337 e. The van der Waals surface area contributed by atoms with Crippen molar-refractivity contribution in [3.63, 3.8) is 0 Å². The van der Waals surface area contributed by atoms with Gasteiger partial charge in [0, 0.05) is 43.7 Å². The third-order valence-electron chi connectivity index (χ3n) is 5.40. The summed E-state index contributed by atoms with van der Waals surface area (Å²) in [5.41, 5.74) is 0.0153. The Labute approximate surface area is 171 Å². The molecule has 6 nitrogen and oxygen atoms in total. The van der Waals surface area contributed by atoms with Gasteiger partial charge in [0.15, 0.2) is 5.69 Å². The summed E-state index contributed by atoms with van der Waals surface area (Å²) < 4.78 is 41.5. The number of alkyl halides is 3. The van der Waals surface area contributed by atoms with Crippen molar-refractivity contribution in [2.45, 2.75) is 38.4 Å². The fourth-order valence-electron chi connectivity index (χ4n) is 3.87. The number of piperidine rings is 1. The Hall–Kier alpha value is -3.10. The molecule has 0 bridgehead atoms. The van der Waals surface area contributed by atoms with Gasteiger partial charge in [-0.25, -0.2) is 9.67 Å². The zero-order valence-electron chi connectivity index (χ0n) is 16.5. The van der Waals surface area contributed by atoms with Crippen LogP contribution in [0.1, 0.15) is 47.7 Å². The molecule has 0 spiro atoms. The monoisotopic (exact) mass is 417 g/mol. The van der Waals surface area contributed by atoms with Gasteiger partial charge in [-0.3, -0.25) is 4.79 Å². The van der Waals surface area contributed by atoms with E-state index in [0.717, 1.165) is 35.8 Å². The zero-order valence-corrected chi connectivity index (χ0v) is 16.5. The lowest BCUT2D eigenvalue weighted by molar-refractivity contribution is -0.141. The molecular weight excluding hydrogens is 395 g/mol. The number of carbonyl (C=O) groups excluding carboxylic acids is 1. The number of hydrogen-bond donors (Lipinski definition) is 0. The molecule has 0 radical (unpaired) electrons.